The zero-order valence-corrected chi connectivity index (χ0v) is 10.9. The molecular weight excluding hydrogens is 234 g/mol. The van der Waals surface area contributed by atoms with Gasteiger partial charge in [0.1, 0.15) is 0 Å². The van der Waals surface area contributed by atoms with Crippen LogP contribution in [0.2, 0.25) is 0 Å². The molecule has 0 saturated carbocycles. The van der Waals surface area contributed by atoms with Crippen LogP contribution < -0.4 is 0 Å². The van der Waals surface area contributed by atoms with E-state index < -0.39 is 0 Å². The van der Waals surface area contributed by atoms with Crippen molar-refractivity contribution in [1.29, 1.82) is 0 Å². The molecule has 94 valence electrons. The number of nitrogens with zero attached hydrogens (tertiary/aromatic N) is 1. The van der Waals surface area contributed by atoms with Gasteiger partial charge in [0.25, 0.3) is 0 Å². The molecule has 1 aliphatic carbocycles. The van der Waals surface area contributed by atoms with E-state index >= 15 is 0 Å². The molecular formula is C17H15NO. The van der Waals surface area contributed by atoms with Crippen LogP contribution in [0, 0.1) is 0 Å². The molecule has 0 atom stereocenters. The average molecular weight is 249 g/mol. The van der Waals surface area contributed by atoms with Crippen molar-refractivity contribution in [3.05, 3.63) is 70.8 Å². The molecule has 0 heterocycles. The molecule has 0 saturated heterocycles. The molecule has 1 aliphatic rings. The third-order valence-electron chi connectivity index (χ3n) is 3.63. The van der Waals surface area contributed by atoms with Crippen molar-refractivity contribution in [3.8, 4) is 0 Å². The Morgan fingerprint density at radius 2 is 1.32 bits per heavy atom. The Labute approximate surface area is 112 Å². The number of benzene rings is 2. The highest BCUT2D eigenvalue weighted by Gasteiger charge is 2.20. The zero-order valence-electron chi connectivity index (χ0n) is 10.9. The average Bonchev–Trinajstić information content (AvgIpc) is 2.45. The lowest BCUT2D eigenvalue weighted by molar-refractivity contribution is 0.103. The summed E-state index contributed by atoms with van der Waals surface area (Å²) in [5.41, 5.74) is 4.87. The van der Waals surface area contributed by atoms with E-state index in [0.29, 0.717) is 0 Å². The van der Waals surface area contributed by atoms with Gasteiger partial charge in [-0.2, -0.15) is 0 Å². The maximum atomic E-state index is 12.6. The molecule has 2 aromatic rings. The lowest BCUT2D eigenvalue weighted by atomic mass is 9.87. The Hall–Kier alpha value is -2.22. The second kappa shape index (κ2) is 4.81. The van der Waals surface area contributed by atoms with E-state index in [0.717, 1.165) is 40.8 Å². The van der Waals surface area contributed by atoms with Crippen LogP contribution in [-0.2, 0) is 12.8 Å². The third-order valence-corrected chi connectivity index (χ3v) is 3.63. The molecule has 0 spiro atoms. The van der Waals surface area contributed by atoms with E-state index in [9.17, 15) is 4.79 Å². The van der Waals surface area contributed by atoms with Crippen molar-refractivity contribution in [1.82, 2.24) is 0 Å². The van der Waals surface area contributed by atoms with Gasteiger partial charge in [-0.15, -0.1) is 0 Å². The minimum Gasteiger partial charge on any atom is -0.297 e. The van der Waals surface area contributed by atoms with Crippen molar-refractivity contribution >= 4 is 11.5 Å². The number of hydrogen-bond acceptors (Lipinski definition) is 2. The van der Waals surface area contributed by atoms with Gasteiger partial charge in [-0.25, -0.2) is 0 Å². The van der Waals surface area contributed by atoms with Crippen LogP contribution in [0.1, 0.15) is 27.0 Å². The van der Waals surface area contributed by atoms with Gasteiger partial charge in [-0.1, -0.05) is 48.5 Å². The highest BCUT2D eigenvalue weighted by Crippen LogP contribution is 2.22. The Bertz CT molecular complexity index is 617. The predicted octanol–water partition coefficient (Wildman–Crippen LogP) is 3.09. The molecule has 0 amide bonds. The first kappa shape index (κ1) is 11.8. The topological polar surface area (TPSA) is 29.4 Å². The molecule has 0 N–H and O–H groups in total. The molecule has 2 heteroatoms. The van der Waals surface area contributed by atoms with Crippen LogP contribution in [0.25, 0.3) is 0 Å². The summed E-state index contributed by atoms with van der Waals surface area (Å²) >= 11 is 0. The van der Waals surface area contributed by atoms with Crippen molar-refractivity contribution in [2.24, 2.45) is 4.99 Å². The van der Waals surface area contributed by atoms with Gasteiger partial charge in [0.05, 0.1) is 0 Å². The molecule has 19 heavy (non-hydrogen) atoms. The first-order valence-corrected chi connectivity index (χ1v) is 6.44. The van der Waals surface area contributed by atoms with E-state index in [-0.39, 0.29) is 5.78 Å². The quantitative estimate of drug-likeness (QED) is 0.705. The van der Waals surface area contributed by atoms with Gasteiger partial charge in [-0.05, 0) is 11.1 Å². The standard InChI is InChI=1S/C17H15NO/c1-18-14-10-12-6-2-4-8-15(12)17(19)16-9-5-3-7-13(16)11-14/h2-9H,10-11H2,1H3. The molecule has 3 rings (SSSR count). The van der Waals surface area contributed by atoms with Crippen LogP contribution in [-0.4, -0.2) is 18.5 Å². The predicted molar refractivity (Wildman–Crippen MR) is 77.1 cm³/mol. The van der Waals surface area contributed by atoms with Crippen molar-refractivity contribution < 1.29 is 4.79 Å². The maximum absolute atomic E-state index is 12.6. The number of carbonyl (C=O) groups excluding carboxylic acids is 1. The Balaban J connectivity index is 2.23. The second-order valence-electron chi connectivity index (χ2n) is 4.79. The highest BCUT2D eigenvalue weighted by atomic mass is 16.1. The fraction of sp³-hybridized carbons (Fsp3) is 0.176. The number of ketones is 1. The summed E-state index contributed by atoms with van der Waals surface area (Å²) in [4.78, 5) is 17.0. The van der Waals surface area contributed by atoms with Crippen LogP contribution in [0.4, 0.5) is 0 Å². The van der Waals surface area contributed by atoms with E-state index in [1.807, 2.05) is 55.6 Å². The molecule has 2 nitrogen and oxygen atoms in total. The monoisotopic (exact) mass is 249 g/mol. The van der Waals surface area contributed by atoms with Crippen molar-refractivity contribution in [3.63, 3.8) is 0 Å². The summed E-state index contributed by atoms with van der Waals surface area (Å²) in [6, 6.07) is 15.7. The highest BCUT2D eigenvalue weighted by molar-refractivity contribution is 6.13. The van der Waals surface area contributed by atoms with Gasteiger partial charge >= 0.3 is 0 Å². The number of fused-ring (bicyclic) bond motifs is 2. The van der Waals surface area contributed by atoms with E-state index in [2.05, 4.69) is 4.99 Å². The summed E-state index contributed by atoms with van der Waals surface area (Å²) < 4.78 is 0. The minimum atomic E-state index is 0.126. The van der Waals surface area contributed by atoms with Crippen LogP contribution in [0.5, 0.6) is 0 Å². The van der Waals surface area contributed by atoms with E-state index in [1.165, 1.54) is 0 Å². The Morgan fingerprint density at radius 1 is 0.842 bits per heavy atom. The Kier molecular flexibility index (Phi) is 3.00. The Morgan fingerprint density at radius 3 is 1.79 bits per heavy atom. The normalized spacial score (nSPS) is 14.2. The SMILES string of the molecule is CN=C1Cc2ccccc2C(=O)c2ccccc2C1. The fourth-order valence-electron chi connectivity index (χ4n) is 2.60. The molecule has 0 unspecified atom stereocenters. The number of carbonyl (C=O) groups is 1. The largest absolute Gasteiger partial charge is 0.297 e. The van der Waals surface area contributed by atoms with E-state index in [1.54, 1.807) is 0 Å². The molecule has 0 bridgehead atoms. The summed E-state index contributed by atoms with van der Waals surface area (Å²) in [5.74, 6) is 0.126. The summed E-state index contributed by atoms with van der Waals surface area (Å²) in [6.45, 7) is 0. The van der Waals surface area contributed by atoms with Crippen LogP contribution in [0.15, 0.2) is 53.5 Å². The van der Waals surface area contributed by atoms with Crippen molar-refractivity contribution in [2.75, 3.05) is 7.05 Å². The second-order valence-corrected chi connectivity index (χ2v) is 4.79. The molecule has 0 radical (unpaired) electrons. The summed E-state index contributed by atoms with van der Waals surface area (Å²) in [7, 11) is 1.82. The lowest BCUT2D eigenvalue weighted by Crippen LogP contribution is -2.18. The molecule has 2 aromatic carbocycles. The number of rotatable bonds is 0. The van der Waals surface area contributed by atoms with E-state index in [4.69, 9.17) is 0 Å². The fourth-order valence-corrected chi connectivity index (χ4v) is 2.60. The van der Waals surface area contributed by atoms with Crippen LogP contribution >= 0.6 is 0 Å². The van der Waals surface area contributed by atoms with Crippen molar-refractivity contribution in [2.45, 2.75) is 12.8 Å². The van der Waals surface area contributed by atoms with Crippen LogP contribution in [0.3, 0.4) is 0 Å². The van der Waals surface area contributed by atoms with Gasteiger partial charge in [0, 0.05) is 36.7 Å². The van der Waals surface area contributed by atoms with Gasteiger partial charge in [0.2, 0.25) is 0 Å². The first-order valence-electron chi connectivity index (χ1n) is 6.44. The third kappa shape index (κ3) is 2.10. The summed E-state index contributed by atoms with van der Waals surface area (Å²) in [5, 5.41) is 0. The summed E-state index contributed by atoms with van der Waals surface area (Å²) in [6.07, 6.45) is 1.51. The smallest absolute Gasteiger partial charge is 0.193 e. The van der Waals surface area contributed by atoms with Gasteiger partial charge in [-0.3, -0.25) is 9.79 Å². The first-order chi connectivity index (χ1) is 9.29. The van der Waals surface area contributed by atoms with Gasteiger partial charge < -0.3 is 0 Å². The lowest BCUT2D eigenvalue weighted by Gasteiger charge is -2.17. The maximum Gasteiger partial charge on any atom is 0.193 e. The molecule has 0 fully saturated rings. The zero-order chi connectivity index (χ0) is 13.2. The number of hydrogen-bond donors (Lipinski definition) is 0. The minimum absolute atomic E-state index is 0.126. The number of aliphatic imine (C=N–C) groups is 1. The molecule has 0 aliphatic heterocycles. The molecule has 0 aromatic heterocycles. The van der Waals surface area contributed by atoms with Gasteiger partial charge in [0.15, 0.2) is 5.78 Å².